The standard InChI is InChI=1S/C14H21NO2/c1-6-11-7-9-12(10-8-11)15(4)13(16)14(2,3)17-5/h7-10H,6H2,1-5H3. The van der Waals surface area contributed by atoms with E-state index in [4.69, 9.17) is 4.74 Å². The van der Waals surface area contributed by atoms with E-state index >= 15 is 0 Å². The van der Waals surface area contributed by atoms with Crippen molar-refractivity contribution in [3.8, 4) is 0 Å². The summed E-state index contributed by atoms with van der Waals surface area (Å²) in [6, 6.07) is 8.00. The van der Waals surface area contributed by atoms with Crippen LogP contribution in [0.3, 0.4) is 0 Å². The lowest BCUT2D eigenvalue weighted by molar-refractivity contribution is -0.136. The molecule has 0 N–H and O–H groups in total. The highest BCUT2D eigenvalue weighted by atomic mass is 16.5. The number of aryl methyl sites for hydroxylation is 1. The Morgan fingerprint density at radius 1 is 1.29 bits per heavy atom. The fourth-order valence-corrected chi connectivity index (χ4v) is 1.56. The summed E-state index contributed by atoms with van der Waals surface area (Å²) >= 11 is 0. The monoisotopic (exact) mass is 235 g/mol. The number of nitrogens with zero attached hydrogens (tertiary/aromatic N) is 1. The first-order valence-corrected chi connectivity index (χ1v) is 5.84. The van der Waals surface area contributed by atoms with Gasteiger partial charge in [0, 0.05) is 19.8 Å². The minimum Gasteiger partial charge on any atom is -0.369 e. The SMILES string of the molecule is CCc1ccc(N(C)C(=O)C(C)(C)OC)cc1. The second-order valence-electron chi connectivity index (χ2n) is 4.60. The molecule has 0 bridgehead atoms. The smallest absolute Gasteiger partial charge is 0.258 e. The van der Waals surface area contributed by atoms with E-state index in [0.29, 0.717) is 0 Å². The molecule has 0 aliphatic heterocycles. The maximum absolute atomic E-state index is 12.2. The van der Waals surface area contributed by atoms with E-state index in [-0.39, 0.29) is 5.91 Å². The Morgan fingerprint density at radius 3 is 2.24 bits per heavy atom. The first kappa shape index (κ1) is 13.7. The third-order valence-corrected chi connectivity index (χ3v) is 3.06. The van der Waals surface area contributed by atoms with Crippen LogP contribution < -0.4 is 4.90 Å². The van der Waals surface area contributed by atoms with Crippen molar-refractivity contribution in [1.29, 1.82) is 0 Å². The van der Waals surface area contributed by atoms with Crippen molar-refractivity contribution in [3.63, 3.8) is 0 Å². The number of amides is 1. The largest absolute Gasteiger partial charge is 0.369 e. The summed E-state index contributed by atoms with van der Waals surface area (Å²) < 4.78 is 5.20. The van der Waals surface area contributed by atoms with E-state index in [1.54, 1.807) is 32.9 Å². The molecule has 1 amide bonds. The highest BCUT2D eigenvalue weighted by Gasteiger charge is 2.30. The van der Waals surface area contributed by atoms with Gasteiger partial charge in [-0.3, -0.25) is 4.79 Å². The molecule has 0 spiro atoms. The molecule has 0 saturated heterocycles. The molecule has 0 heterocycles. The van der Waals surface area contributed by atoms with E-state index in [1.165, 1.54) is 5.56 Å². The Labute approximate surface area is 103 Å². The van der Waals surface area contributed by atoms with E-state index in [0.717, 1.165) is 12.1 Å². The molecule has 0 radical (unpaired) electrons. The Balaban J connectivity index is 2.88. The van der Waals surface area contributed by atoms with Crippen LogP contribution in [0, 0.1) is 0 Å². The molecular weight excluding hydrogens is 214 g/mol. The Kier molecular flexibility index (Phi) is 4.29. The molecule has 1 aromatic rings. The molecule has 0 aliphatic carbocycles. The van der Waals surface area contributed by atoms with E-state index in [2.05, 4.69) is 6.92 Å². The molecule has 0 atom stereocenters. The summed E-state index contributed by atoms with van der Waals surface area (Å²) in [6.07, 6.45) is 1.00. The van der Waals surface area contributed by atoms with Gasteiger partial charge in [0.1, 0.15) is 5.60 Å². The van der Waals surface area contributed by atoms with Gasteiger partial charge in [0.2, 0.25) is 0 Å². The summed E-state index contributed by atoms with van der Waals surface area (Å²) in [4.78, 5) is 13.8. The van der Waals surface area contributed by atoms with Crippen molar-refractivity contribution < 1.29 is 9.53 Å². The van der Waals surface area contributed by atoms with Gasteiger partial charge in [0.05, 0.1) is 0 Å². The summed E-state index contributed by atoms with van der Waals surface area (Å²) in [5.74, 6) is -0.0516. The lowest BCUT2D eigenvalue weighted by atomic mass is 10.1. The number of likely N-dealkylation sites (N-methyl/N-ethyl adjacent to an activating group) is 1. The highest BCUT2D eigenvalue weighted by molar-refractivity contribution is 5.98. The normalized spacial score (nSPS) is 11.4. The average molecular weight is 235 g/mol. The van der Waals surface area contributed by atoms with Crippen LogP contribution in [-0.4, -0.2) is 25.7 Å². The zero-order valence-corrected chi connectivity index (χ0v) is 11.3. The van der Waals surface area contributed by atoms with Crippen molar-refractivity contribution in [3.05, 3.63) is 29.8 Å². The quantitative estimate of drug-likeness (QED) is 0.803. The van der Waals surface area contributed by atoms with Crippen LogP contribution in [0.2, 0.25) is 0 Å². The molecule has 0 aliphatic rings. The summed E-state index contributed by atoms with van der Waals surface area (Å²) in [5, 5.41) is 0. The van der Waals surface area contributed by atoms with Gasteiger partial charge >= 0.3 is 0 Å². The van der Waals surface area contributed by atoms with E-state index in [1.807, 2.05) is 24.3 Å². The van der Waals surface area contributed by atoms with Gasteiger partial charge < -0.3 is 9.64 Å². The fourth-order valence-electron chi connectivity index (χ4n) is 1.56. The number of benzene rings is 1. The molecule has 1 aromatic carbocycles. The minimum atomic E-state index is -0.793. The zero-order chi connectivity index (χ0) is 13.1. The van der Waals surface area contributed by atoms with Crippen LogP contribution in [0.15, 0.2) is 24.3 Å². The lowest BCUT2D eigenvalue weighted by Crippen LogP contribution is -2.44. The van der Waals surface area contributed by atoms with Crippen molar-refractivity contribution in [2.45, 2.75) is 32.8 Å². The minimum absolute atomic E-state index is 0.0516. The van der Waals surface area contributed by atoms with Gasteiger partial charge in [-0.25, -0.2) is 0 Å². The number of anilines is 1. The van der Waals surface area contributed by atoms with Crippen molar-refractivity contribution in [2.24, 2.45) is 0 Å². The highest BCUT2D eigenvalue weighted by Crippen LogP contribution is 2.19. The predicted octanol–water partition coefficient (Wildman–Crippen LogP) is 2.64. The van der Waals surface area contributed by atoms with Gasteiger partial charge in [-0.05, 0) is 38.0 Å². The number of carbonyl (C=O) groups excluding carboxylic acids is 1. The summed E-state index contributed by atoms with van der Waals surface area (Å²) in [7, 11) is 3.32. The van der Waals surface area contributed by atoms with E-state index in [9.17, 15) is 4.79 Å². The topological polar surface area (TPSA) is 29.5 Å². The summed E-state index contributed by atoms with van der Waals surface area (Å²) in [5.41, 5.74) is 1.36. The molecule has 1 rings (SSSR count). The van der Waals surface area contributed by atoms with Crippen LogP contribution in [0.5, 0.6) is 0 Å². The van der Waals surface area contributed by atoms with Gasteiger partial charge in [0.25, 0.3) is 5.91 Å². The molecule has 3 heteroatoms. The predicted molar refractivity (Wildman–Crippen MR) is 70.3 cm³/mol. The Hall–Kier alpha value is -1.35. The Morgan fingerprint density at radius 2 is 1.82 bits per heavy atom. The molecule has 0 unspecified atom stereocenters. The zero-order valence-electron chi connectivity index (χ0n) is 11.3. The van der Waals surface area contributed by atoms with Crippen molar-refractivity contribution in [1.82, 2.24) is 0 Å². The lowest BCUT2D eigenvalue weighted by Gasteiger charge is -2.28. The number of methoxy groups -OCH3 is 1. The number of rotatable bonds is 4. The van der Waals surface area contributed by atoms with Crippen LogP contribution in [0.25, 0.3) is 0 Å². The van der Waals surface area contributed by atoms with Gasteiger partial charge in [-0.2, -0.15) is 0 Å². The summed E-state index contributed by atoms with van der Waals surface area (Å²) in [6.45, 7) is 5.65. The van der Waals surface area contributed by atoms with Crippen LogP contribution in [0.4, 0.5) is 5.69 Å². The van der Waals surface area contributed by atoms with Gasteiger partial charge in [-0.1, -0.05) is 19.1 Å². The number of ether oxygens (including phenoxy) is 1. The maximum atomic E-state index is 12.2. The van der Waals surface area contributed by atoms with Crippen LogP contribution >= 0.6 is 0 Å². The maximum Gasteiger partial charge on any atom is 0.258 e. The van der Waals surface area contributed by atoms with Crippen molar-refractivity contribution >= 4 is 11.6 Å². The molecule has 0 fully saturated rings. The first-order chi connectivity index (χ1) is 7.92. The number of carbonyl (C=O) groups is 1. The molecule has 0 saturated carbocycles. The molecule has 94 valence electrons. The van der Waals surface area contributed by atoms with E-state index < -0.39 is 5.60 Å². The average Bonchev–Trinajstić information content (AvgIpc) is 2.37. The second kappa shape index (κ2) is 5.32. The second-order valence-corrected chi connectivity index (χ2v) is 4.60. The number of hydrogen-bond acceptors (Lipinski definition) is 2. The van der Waals surface area contributed by atoms with Crippen LogP contribution in [0.1, 0.15) is 26.3 Å². The third-order valence-electron chi connectivity index (χ3n) is 3.06. The molecule has 3 nitrogen and oxygen atoms in total. The van der Waals surface area contributed by atoms with Crippen molar-refractivity contribution in [2.75, 3.05) is 19.1 Å². The molecule has 17 heavy (non-hydrogen) atoms. The van der Waals surface area contributed by atoms with Crippen LogP contribution in [-0.2, 0) is 16.0 Å². The van der Waals surface area contributed by atoms with Gasteiger partial charge in [-0.15, -0.1) is 0 Å². The Bertz CT molecular complexity index is 382. The fraction of sp³-hybridized carbons (Fsp3) is 0.500. The molecular formula is C14H21NO2. The first-order valence-electron chi connectivity index (χ1n) is 5.84. The third kappa shape index (κ3) is 3.07. The molecule has 0 aromatic heterocycles. The number of hydrogen-bond donors (Lipinski definition) is 0. The van der Waals surface area contributed by atoms with Gasteiger partial charge in [0.15, 0.2) is 0 Å².